The van der Waals surface area contributed by atoms with Gasteiger partial charge in [-0.2, -0.15) is 4.99 Å². The van der Waals surface area contributed by atoms with Crippen LogP contribution in [-0.2, 0) is 0 Å². The van der Waals surface area contributed by atoms with Crippen LogP contribution in [0.2, 0.25) is 0 Å². The fraction of sp³-hybridized carbons (Fsp3) is 0.667. The van der Waals surface area contributed by atoms with E-state index in [0.29, 0.717) is 5.96 Å². The van der Waals surface area contributed by atoms with Gasteiger partial charge in [0.2, 0.25) is 5.96 Å². The van der Waals surface area contributed by atoms with E-state index in [1.54, 1.807) is 38.0 Å². The predicted octanol–water partition coefficient (Wildman–Crippen LogP) is -0.219. The smallest absolute Gasteiger partial charge is 0.220 e. The van der Waals surface area contributed by atoms with Crippen LogP contribution in [0.3, 0.4) is 0 Å². The van der Waals surface area contributed by atoms with Crippen molar-refractivity contribution in [2.75, 3.05) is 28.2 Å². The van der Waals surface area contributed by atoms with Crippen LogP contribution in [0.4, 0.5) is 0 Å². The summed E-state index contributed by atoms with van der Waals surface area (Å²) < 4.78 is 0. The molecule has 72 valence electrons. The topological polar surface area (TPSA) is 68.7 Å². The second-order valence-corrected chi connectivity index (χ2v) is 2.58. The molecule has 0 aromatic heterocycles. The molecule has 0 aliphatic heterocycles. The molecule has 0 unspecified atom stereocenters. The second-order valence-electron chi connectivity index (χ2n) is 2.58. The van der Waals surface area contributed by atoms with E-state index in [2.05, 4.69) is 4.99 Å². The molecule has 0 saturated heterocycles. The summed E-state index contributed by atoms with van der Waals surface area (Å²) in [6.07, 6.45) is 0. The molecule has 0 bridgehead atoms. The number of aliphatic imine (C=N–C) groups is 1. The number of nitrogens with one attached hydrogen (secondary N) is 1. The van der Waals surface area contributed by atoms with Crippen molar-refractivity contribution >= 4 is 24.3 Å². The number of hydrogen-bond acceptors (Lipinski definition) is 1. The monoisotopic (exact) mass is 193 g/mol. The lowest BCUT2D eigenvalue weighted by molar-refractivity contribution is 0.592. The lowest BCUT2D eigenvalue weighted by Gasteiger charge is -2.13. The van der Waals surface area contributed by atoms with E-state index in [4.69, 9.17) is 11.1 Å². The van der Waals surface area contributed by atoms with Gasteiger partial charge in [-0.05, 0) is 0 Å². The third kappa shape index (κ3) is 4.79. The summed E-state index contributed by atoms with van der Waals surface area (Å²) in [5, 5.41) is 7.30. The maximum atomic E-state index is 7.30. The number of hydrogen-bond donors (Lipinski definition) is 2. The summed E-state index contributed by atoms with van der Waals surface area (Å²) in [6, 6.07) is 0. The average Bonchev–Trinajstić information content (AvgIpc) is 1.87. The average molecular weight is 194 g/mol. The highest BCUT2D eigenvalue weighted by Crippen LogP contribution is 1.83. The Bertz CT molecular complexity index is 175. The largest absolute Gasteiger partial charge is 0.369 e. The van der Waals surface area contributed by atoms with Crippen LogP contribution in [-0.4, -0.2) is 49.9 Å². The maximum absolute atomic E-state index is 7.30. The summed E-state index contributed by atoms with van der Waals surface area (Å²) >= 11 is 0. The Morgan fingerprint density at radius 2 is 1.58 bits per heavy atom. The van der Waals surface area contributed by atoms with Crippen LogP contribution in [0, 0.1) is 5.41 Å². The van der Waals surface area contributed by atoms with Crippen molar-refractivity contribution in [2.24, 2.45) is 10.7 Å². The first kappa shape index (κ1) is 13.6. The molecule has 0 aliphatic carbocycles. The highest BCUT2D eigenvalue weighted by Gasteiger charge is 1.98. The van der Waals surface area contributed by atoms with E-state index < -0.39 is 0 Å². The molecular formula is C6H16ClN5. The zero-order valence-electron chi connectivity index (χ0n) is 7.83. The summed E-state index contributed by atoms with van der Waals surface area (Å²) in [4.78, 5) is 7.04. The minimum Gasteiger partial charge on any atom is -0.369 e. The first-order chi connectivity index (χ1) is 4.95. The van der Waals surface area contributed by atoms with Gasteiger partial charge in [0.15, 0.2) is 5.96 Å². The standard InChI is InChI=1S/C6H15N5.ClH/c1-10(2)5(7)9-6(8)11(3)4;/h1-4H3,(H3,7,8,9);1H. The zero-order valence-corrected chi connectivity index (χ0v) is 8.64. The minimum atomic E-state index is 0. The normalized spacial score (nSPS) is 10.2. The van der Waals surface area contributed by atoms with Gasteiger partial charge in [0.25, 0.3) is 0 Å². The first-order valence-corrected chi connectivity index (χ1v) is 3.22. The SMILES string of the molecule is CN(C)C(=N)N=C(N)N(C)C.Cl. The highest BCUT2D eigenvalue weighted by atomic mass is 35.5. The summed E-state index contributed by atoms with van der Waals surface area (Å²) in [5.41, 5.74) is 5.46. The van der Waals surface area contributed by atoms with Crippen molar-refractivity contribution < 1.29 is 0 Å². The molecule has 12 heavy (non-hydrogen) atoms. The number of nitrogens with two attached hydrogens (primary N) is 1. The molecule has 0 aliphatic rings. The lowest BCUT2D eigenvalue weighted by atomic mass is 10.7. The fourth-order valence-electron chi connectivity index (χ4n) is 0.309. The molecule has 0 spiro atoms. The predicted molar refractivity (Wildman–Crippen MR) is 54.0 cm³/mol. The Balaban J connectivity index is 0. The maximum Gasteiger partial charge on any atom is 0.220 e. The number of halogens is 1. The molecule has 6 heteroatoms. The van der Waals surface area contributed by atoms with Crippen LogP contribution in [0.5, 0.6) is 0 Å². The molecule has 0 aromatic rings. The molecule has 0 rings (SSSR count). The molecule has 0 saturated carbocycles. The highest BCUT2D eigenvalue weighted by molar-refractivity contribution is 5.92. The third-order valence-electron chi connectivity index (χ3n) is 1.10. The van der Waals surface area contributed by atoms with Crippen molar-refractivity contribution in [3.8, 4) is 0 Å². The van der Waals surface area contributed by atoms with Gasteiger partial charge >= 0.3 is 0 Å². The van der Waals surface area contributed by atoms with Crippen LogP contribution < -0.4 is 5.73 Å². The molecule has 0 amide bonds. The van der Waals surface area contributed by atoms with Gasteiger partial charge in [0.1, 0.15) is 0 Å². The van der Waals surface area contributed by atoms with E-state index in [9.17, 15) is 0 Å². The van der Waals surface area contributed by atoms with Crippen LogP contribution >= 0.6 is 12.4 Å². The Morgan fingerprint density at radius 3 is 1.83 bits per heavy atom. The van der Waals surface area contributed by atoms with Gasteiger partial charge in [-0.3, -0.25) is 5.41 Å². The number of rotatable bonds is 0. The van der Waals surface area contributed by atoms with Crippen molar-refractivity contribution in [3.63, 3.8) is 0 Å². The van der Waals surface area contributed by atoms with Gasteiger partial charge in [-0.15, -0.1) is 12.4 Å². The Kier molecular flexibility index (Phi) is 6.41. The Hall–Kier alpha value is -0.970. The van der Waals surface area contributed by atoms with Crippen LogP contribution in [0.25, 0.3) is 0 Å². The Labute approximate surface area is 79.2 Å². The van der Waals surface area contributed by atoms with E-state index in [1.807, 2.05) is 0 Å². The van der Waals surface area contributed by atoms with E-state index in [0.717, 1.165) is 0 Å². The molecule has 0 atom stereocenters. The van der Waals surface area contributed by atoms with Gasteiger partial charge < -0.3 is 15.5 Å². The number of nitrogens with zero attached hydrogens (tertiary/aromatic N) is 3. The molecule has 5 nitrogen and oxygen atoms in total. The van der Waals surface area contributed by atoms with Gasteiger partial charge in [0, 0.05) is 28.2 Å². The molecule has 0 heterocycles. The van der Waals surface area contributed by atoms with Crippen molar-refractivity contribution in [1.82, 2.24) is 9.80 Å². The van der Waals surface area contributed by atoms with Crippen molar-refractivity contribution in [1.29, 1.82) is 5.41 Å². The van der Waals surface area contributed by atoms with E-state index >= 15 is 0 Å². The van der Waals surface area contributed by atoms with E-state index in [1.165, 1.54) is 0 Å². The molecule has 3 N–H and O–H groups in total. The summed E-state index contributed by atoms with van der Waals surface area (Å²) in [7, 11) is 7.05. The fourth-order valence-corrected chi connectivity index (χ4v) is 0.309. The minimum absolute atomic E-state index is 0. The summed E-state index contributed by atoms with van der Waals surface area (Å²) in [6.45, 7) is 0. The second kappa shape index (κ2) is 5.65. The Morgan fingerprint density at radius 1 is 1.17 bits per heavy atom. The number of guanidine groups is 2. The third-order valence-corrected chi connectivity index (χ3v) is 1.10. The first-order valence-electron chi connectivity index (χ1n) is 3.22. The molecule has 0 aromatic carbocycles. The van der Waals surface area contributed by atoms with E-state index in [-0.39, 0.29) is 18.4 Å². The van der Waals surface area contributed by atoms with Crippen LogP contribution in [0.1, 0.15) is 0 Å². The quantitative estimate of drug-likeness (QED) is 0.413. The molecular weight excluding hydrogens is 178 g/mol. The van der Waals surface area contributed by atoms with Gasteiger partial charge in [-0.1, -0.05) is 0 Å². The summed E-state index contributed by atoms with van der Waals surface area (Å²) in [5.74, 6) is 0.486. The van der Waals surface area contributed by atoms with Gasteiger partial charge in [-0.25, -0.2) is 0 Å². The lowest BCUT2D eigenvalue weighted by Crippen LogP contribution is -2.33. The van der Waals surface area contributed by atoms with Crippen LogP contribution in [0.15, 0.2) is 4.99 Å². The molecule has 0 fully saturated rings. The zero-order chi connectivity index (χ0) is 9.02. The van der Waals surface area contributed by atoms with Crippen molar-refractivity contribution in [3.05, 3.63) is 0 Å². The van der Waals surface area contributed by atoms with Crippen molar-refractivity contribution in [2.45, 2.75) is 0 Å². The molecule has 0 radical (unpaired) electrons. The van der Waals surface area contributed by atoms with Gasteiger partial charge in [0.05, 0.1) is 0 Å².